The number of nitrogen functional groups attached to an aromatic ring is 1. The zero-order valence-electron chi connectivity index (χ0n) is 10.9. The molecule has 0 radical (unpaired) electrons. The van der Waals surface area contributed by atoms with Gasteiger partial charge in [0.05, 0.1) is 10.4 Å². The molecule has 0 aliphatic heterocycles. The molecule has 19 heavy (non-hydrogen) atoms. The van der Waals surface area contributed by atoms with E-state index in [0.29, 0.717) is 11.9 Å². The summed E-state index contributed by atoms with van der Waals surface area (Å²) in [4.78, 5) is 15.3. The van der Waals surface area contributed by atoms with E-state index < -0.39 is 0 Å². The van der Waals surface area contributed by atoms with Crippen molar-refractivity contribution in [2.75, 3.05) is 30.0 Å². The van der Waals surface area contributed by atoms with Crippen molar-refractivity contribution < 1.29 is 0 Å². The van der Waals surface area contributed by atoms with E-state index in [4.69, 9.17) is 17.3 Å². The molecular formula is C11H15ClN6S. The summed E-state index contributed by atoms with van der Waals surface area (Å²) in [5, 5.41) is 3.19. The fourth-order valence-electron chi connectivity index (χ4n) is 1.47. The van der Waals surface area contributed by atoms with E-state index in [1.54, 1.807) is 4.90 Å². The van der Waals surface area contributed by atoms with E-state index in [1.165, 1.54) is 11.3 Å². The first-order valence-electron chi connectivity index (χ1n) is 5.66. The summed E-state index contributed by atoms with van der Waals surface area (Å²) < 4.78 is 0.757. The molecule has 0 fully saturated rings. The number of thiophene rings is 1. The van der Waals surface area contributed by atoms with E-state index in [0.717, 1.165) is 9.21 Å². The van der Waals surface area contributed by atoms with Crippen LogP contribution in [-0.4, -0.2) is 29.0 Å². The average Bonchev–Trinajstić information content (AvgIpc) is 2.75. The summed E-state index contributed by atoms with van der Waals surface area (Å²) in [5.74, 6) is 1.16. The fourth-order valence-corrected chi connectivity index (χ4v) is 2.53. The minimum atomic E-state index is 0.0503. The third-order valence-corrected chi connectivity index (χ3v) is 3.82. The number of aromatic nitrogens is 3. The fraction of sp³-hybridized carbons (Fsp3) is 0.364. The van der Waals surface area contributed by atoms with Crippen molar-refractivity contribution in [1.29, 1.82) is 0 Å². The van der Waals surface area contributed by atoms with Gasteiger partial charge in [-0.1, -0.05) is 11.6 Å². The maximum atomic E-state index is 5.92. The molecule has 0 amide bonds. The molecule has 3 N–H and O–H groups in total. The molecule has 0 aliphatic rings. The number of hydrogen-bond acceptors (Lipinski definition) is 7. The van der Waals surface area contributed by atoms with Gasteiger partial charge in [0.15, 0.2) is 0 Å². The Kier molecular flexibility index (Phi) is 4.06. The van der Waals surface area contributed by atoms with Crippen LogP contribution in [0.2, 0.25) is 4.34 Å². The third-order valence-electron chi connectivity index (χ3n) is 2.41. The summed E-state index contributed by atoms with van der Waals surface area (Å²) >= 11 is 7.44. The van der Waals surface area contributed by atoms with E-state index in [2.05, 4.69) is 20.3 Å². The van der Waals surface area contributed by atoms with Crippen molar-refractivity contribution in [2.24, 2.45) is 0 Å². The topological polar surface area (TPSA) is 80.0 Å². The molecule has 0 saturated heterocycles. The van der Waals surface area contributed by atoms with E-state index in [1.807, 2.05) is 33.2 Å². The van der Waals surface area contributed by atoms with Crippen molar-refractivity contribution in [1.82, 2.24) is 15.0 Å². The second-order valence-corrected chi connectivity index (χ2v) is 5.97. The molecule has 1 unspecified atom stereocenters. The Bertz CT molecular complexity index is 570. The van der Waals surface area contributed by atoms with Gasteiger partial charge in [0.25, 0.3) is 0 Å². The first-order valence-corrected chi connectivity index (χ1v) is 6.86. The number of nitrogens with one attached hydrogen (secondary N) is 1. The monoisotopic (exact) mass is 298 g/mol. The first-order chi connectivity index (χ1) is 8.95. The van der Waals surface area contributed by atoms with Gasteiger partial charge >= 0.3 is 0 Å². The Labute approximate surface area is 120 Å². The number of anilines is 3. The predicted molar refractivity (Wildman–Crippen MR) is 79.9 cm³/mol. The molecule has 0 spiro atoms. The minimum Gasteiger partial charge on any atom is -0.368 e. The zero-order chi connectivity index (χ0) is 14.0. The Balaban J connectivity index is 2.18. The van der Waals surface area contributed by atoms with Gasteiger partial charge in [-0.3, -0.25) is 0 Å². The van der Waals surface area contributed by atoms with Gasteiger partial charge in [-0.15, -0.1) is 11.3 Å². The van der Waals surface area contributed by atoms with Crippen LogP contribution in [0.5, 0.6) is 0 Å². The highest BCUT2D eigenvalue weighted by atomic mass is 35.5. The smallest absolute Gasteiger partial charge is 0.231 e. The van der Waals surface area contributed by atoms with Crippen molar-refractivity contribution in [2.45, 2.75) is 13.0 Å². The summed E-state index contributed by atoms with van der Waals surface area (Å²) in [6.45, 7) is 2.01. The SMILES string of the molecule is CC(Nc1nc(N)nc(N(C)C)n1)c1ccc(Cl)s1. The zero-order valence-corrected chi connectivity index (χ0v) is 12.5. The van der Waals surface area contributed by atoms with Gasteiger partial charge in [0.1, 0.15) is 0 Å². The summed E-state index contributed by atoms with van der Waals surface area (Å²) in [7, 11) is 3.70. The number of nitrogens with zero attached hydrogens (tertiary/aromatic N) is 4. The van der Waals surface area contributed by atoms with Gasteiger partial charge in [-0.05, 0) is 19.1 Å². The molecule has 102 valence electrons. The molecule has 8 heteroatoms. The number of hydrogen-bond donors (Lipinski definition) is 2. The molecule has 0 saturated carbocycles. The van der Waals surface area contributed by atoms with Crippen LogP contribution in [0.1, 0.15) is 17.8 Å². The second kappa shape index (κ2) is 5.58. The highest BCUT2D eigenvalue weighted by Crippen LogP contribution is 2.28. The molecule has 2 heterocycles. The lowest BCUT2D eigenvalue weighted by atomic mass is 10.3. The Morgan fingerprint density at radius 2 is 2.05 bits per heavy atom. The lowest BCUT2D eigenvalue weighted by molar-refractivity contribution is 0.866. The first kappa shape index (κ1) is 13.8. The molecule has 0 bridgehead atoms. The summed E-state index contributed by atoms with van der Waals surface area (Å²) in [6, 6.07) is 3.89. The van der Waals surface area contributed by atoms with Crippen LogP contribution < -0.4 is 16.0 Å². The van der Waals surface area contributed by atoms with Crippen molar-refractivity contribution in [3.05, 3.63) is 21.3 Å². The van der Waals surface area contributed by atoms with E-state index in [9.17, 15) is 0 Å². The maximum Gasteiger partial charge on any atom is 0.231 e. The van der Waals surface area contributed by atoms with Gasteiger partial charge in [-0.2, -0.15) is 15.0 Å². The number of nitrogens with two attached hydrogens (primary N) is 1. The van der Waals surface area contributed by atoms with Gasteiger partial charge < -0.3 is 16.0 Å². The lowest BCUT2D eigenvalue weighted by Crippen LogP contribution is -2.17. The van der Waals surface area contributed by atoms with Crippen molar-refractivity contribution >= 4 is 40.8 Å². The number of halogens is 1. The standard InChI is InChI=1S/C11H15ClN6S/c1-6(7-4-5-8(12)19-7)14-10-15-9(13)16-11(17-10)18(2)3/h4-6H,1-3H3,(H3,13,14,15,16,17). The maximum absolute atomic E-state index is 5.92. The lowest BCUT2D eigenvalue weighted by Gasteiger charge is -2.15. The molecule has 2 aromatic heterocycles. The van der Waals surface area contributed by atoms with Crippen molar-refractivity contribution in [3.8, 4) is 0 Å². The summed E-state index contributed by atoms with van der Waals surface area (Å²) in [5.41, 5.74) is 5.67. The Morgan fingerprint density at radius 3 is 2.63 bits per heavy atom. The van der Waals surface area contributed by atoms with Crippen LogP contribution in [0.3, 0.4) is 0 Å². The second-order valence-electron chi connectivity index (χ2n) is 4.22. The third kappa shape index (κ3) is 3.45. The van der Waals surface area contributed by atoms with Crippen LogP contribution >= 0.6 is 22.9 Å². The Morgan fingerprint density at radius 1 is 1.32 bits per heavy atom. The van der Waals surface area contributed by atoms with Gasteiger partial charge in [0.2, 0.25) is 17.8 Å². The highest BCUT2D eigenvalue weighted by molar-refractivity contribution is 7.16. The summed E-state index contributed by atoms with van der Waals surface area (Å²) in [6.07, 6.45) is 0. The van der Waals surface area contributed by atoms with Crippen LogP contribution in [0.25, 0.3) is 0 Å². The largest absolute Gasteiger partial charge is 0.368 e. The van der Waals surface area contributed by atoms with Crippen LogP contribution in [-0.2, 0) is 0 Å². The molecule has 2 rings (SSSR count). The molecule has 6 nitrogen and oxygen atoms in total. The number of rotatable bonds is 4. The van der Waals surface area contributed by atoms with E-state index in [-0.39, 0.29) is 12.0 Å². The predicted octanol–water partition coefficient (Wildman–Crippen LogP) is 2.41. The molecular weight excluding hydrogens is 284 g/mol. The average molecular weight is 299 g/mol. The molecule has 0 aliphatic carbocycles. The highest BCUT2D eigenvalue weighted by Gasteiger charge is 2.12. The quantitative estimate of drug-likeness (QED) is 0.902. The molecule has 2 aromatic rings. The molecule has 0 aromatic carbocycles. The minimum absolute atomic E-state index is 0.0503. The van der Waals surface area contributed by atoms with Crippen LogP contribution in [0.4, 0.5) is 17.8 Å². The van der Waals surface area contributed by atoms with Gasteiger partial charge in [0, 0.05) is 19.0 Å². The normalized spacial score (nSPS) is 12.2. The van der Waals surface area contributed by atoms with Crippen molar-refractivity contribution in [3.63, 3.8) is 0 Å². The van der Waals surface area contributed by atoms with Crippen LogP contribution in [0, 0.1) is 0 Å². The Hall–Kier alpha value is -1.60. The van der Waals surface area contributed by atoms with E-state index >= 15 is 0 Å². The van der Waals surface area contributed by atoms with Gasteiger partial charge in [-0.25, -0.2) is 0 Å². The van der Waals surface area contributed by atoms with Crippen LogP contribution in [0.15, 0.2) is 12.1 Å². The molecule has 1 atom stereocenters.